The Bertz CT molecular complexity index is 1300. The molecule has 6 heteroatoms. The highest BCUT2D eigenvalue weighted by Crippen LogP contribution is 2.30. The Balaban J connectivity index is 1.61. The van der Waals surface area contributed by atoms with Gasteiger partial charge in [0, 0.05) is 24.5 Å². The number of anilines is 1. The number of nitrogens with zero attached hydrogens (tertiary/aromatic N) is 5. The number of para-hydroxylation sites is 2. The van der Waals surface area contributed by atoms with Crippen LogP contribution < -0.4 is 5.73 Å². The predicted molar refractivity (Wildman–Crippen MR) is 117 cm³/mol. The molecule has 146 valence electrons. The third-order valence-electron chi connectivity index (χ3n) is 5.21. The van der Waals surface area contributed by atoms with E-state index in [4.69, 9.17) is 10.7 Å². The molecule has 0 bridgehead atoms. The van der Waals surface area contributed by atoms with Gasteiger partial charge in [-0.25, -0.2) is 15.0 Å². The molecule has 5 aromatic rings. The molecule has 30 heavy (non-hydrogen) atoms. The third kappa shape index (κ3) is 3.39. The molecule has 4 heterocycles. The fraction of sp³-hybridized carbons (Fsp3) is 0.0833. The number of fused-ring (bicyclic) bond motifs is 1. The van der Waals surface area contributed by atoms with Crippen molar-refractivity contribution in [1.82, 2.24) is 24.5 Å². The van der Waals surface area contributed by atoms with Crippen molar-refractivity contribution in [3.05, 3.63) is 108 Å². The van der Waals surface area contributed by atoms with Crippen LogP contribution in [0, 0.1) is 0 Å². The van der Waals surface area contributed by atoms with Crippen molar-refractivity contribution in [2.75, 3.05) is 5.73 Å². The molecule has 0 radical (unpaired) electrons. The molecule has 0 saturated heterocycles. The van der Waals surface area contributed by atoms with E-state index in [1.165, 1.54) is 0 Å². The number of hydrogen-bond acceptors (Lipinski definition) is 5. The number of benzene rings is 1. The molecule has 1 aromatic carbocycles. The molecule has 5 rings (SSSR count). The van der Waals surface area contributed by atoms with E-state index < -0.39 is 0 Å². The van der Waals surface area contributed by atoms with Gasteiger partial charge in [0.2, 0.25) is 0 Å². The van der Waals surface area contributed by atoms with Gasteiger partial charge in [0.1, 0.15) is 18.0 Å². The number of nitrogen functional groups attached to an aromatic ring is 1. The van der Waals surface area contributed by atoms with Gasteiger partial charge in [-0.1, -0.05) is 30.3 Å². The zero-order valence-corrected chi connectivity index (χ0v) is 16.3. The monoisotopic (exact) mass is 392 g/mol. The summed E-state index contributed by atoms with van der Waals surface area (Å²) in [6.45, 7) is 0. The Morgan fingerprint density at radius 1 is 0.867 bits per heavy atom. The van der Waals surface area contributed by atoms with Crippen LogP contribution in [0.25, 0.3) is 16.9 Å². The quantitative estimate of drug-likeness (QED) is 0.485. The highest BCUT2D eigenvalue weighted by molar-refractivity contribution is 5.77. The van der Waals surface area contributed by atoms with E-state index in [0.717, 1.165) is 33.7 Å². The molecular weight excluding hydrogens is 372 g/mol. The van der Waals surface area contributed by atoms with Gasteiger partial charge in [-0.3, -0.25) is 9.55 Å². The molecular formula is C24H20N6. The topological polar surface area (TPSA) is 82.5 Å². The minimum absolute atomic E-state index is 0.0000596. The minimum Gasteiger partial charge on any atom is -0.384 e. The summed E-state index contributed by atoms with van der Waals surface area (Å²) in [6, 6.07) is 21.9. The molecule has 2 N–H and O–H groups in total. The van der Waals surface area contributed by atoms with Gasteiger partial charge in [0.05, 0.1) is 16.7 Å². The summed E-state index contributed by atoms with van der Waals surface area (Å²) < 4.78 is 2.04. The van der Waals surface area contributed by atoms with E-state index >= 15 is 0 Å². The highest BCUT2D eigenvalue weighted by atomic mass is 15.1. The molecule has 0 amide bonds. The van der Waals surface area contributed by atoms with Crippen molar-refractivity contribution in [1.29, 1.82) is 0 Å². The second-order valence-electron chi connectivity index (χ2n) is 7.12. The number of imidazole rings is 1. The Morgan fingerprint density at radius 2 is 1.77 bits per heavy atom. The second kappa shape index (κ2) is 7.75. The summed E-state index contributed by atoms with van der Waals surface area (Å²) in [5, 5.41) is 0. The van der Waals surface area contributed by atoms with Crippen molar-refractivity contribution >= 4 is 16.9 Å². The molecule has 0 saturated carbocycles. The largest absolute Gasteiger partial charge is 0.384 e. The molecule has 4 aromatic heterocycles. The number of aromatic nitrogens is 5. The van der Waals surface area contributed by atoms with Crippen LogP contribution in [0.1, 0.15) is 22.7 Å². The van der Waals surface area contributed by atoms with Gasteiger partial charge < -0.3 is 5.73 Å². The SMILES string of the molecule is Nc1cccc(C(Cc2cccnc2-n2cnc3ccccc32)c2cccnc2)n1. The van der Waals surface area contributed by atoms with Crippen molar-refractivity contribution in [3.63, 3.8) is 0 Å². The summed E-state index contributed by atoms with van der Waals surface area (Å²) in [7, 11) is 0. The lowest BCUT2D eigenvalue weighted by molar-refractivity contribution is 0.761. The minimum atomic E-state index is -0.0000596. The van der Waals surface area contributed by atoms with Gasteiger partial charge in [-0.2, -0.15) is 0 Å². The first kappa shape index (κ1) is 18.0. The summed E-state index contributed by atoms with van der Waals surface area (Å²) in [4.78, 5) is 18.1. The fourth-order valence-electron chi connectivity index (χ4n) is 3.79. The maximum Gasteiger partial charge on any atom is 0.141 e. The maximum absolute atomic E-state index is 5.99. The normalized spacial score (nSPS) is 12.1. The molecule has 0 fully saturated rings. The van der Waals surface area contributed by atoms with E-state index in [2.05, 4.69) is 33.2 Å². The van der Waals surface area contributed by atoms with Crippen LogP contribution in [-0.2, 0) is 6.42 Å². The van der Waals surface area contributed by atoms with Gasteiger partial charge >= 0.3 is 0 Å². The van der Waals surface area contributed by atoms with Crippen LogP contribution in [-0.4, -0.2) is 24.5 Å². The molecule has 0 aliphatic carbocycles. The third-order valence-corrected chi connectivity index (χ3v) is 5.21. The first-order valence-corrected chi connectivity index (χ1v) is 9.78. The average Bonchev–Trinajstić information content (AvgIpc) is 3.22. The smallest absolute Gasteiger partial charge is 0.141 e. The van der Waals surface area contributed by atoms with E-state index in [-0.39, 0.29) is 5.92 Å². The van der Waals surface area contributed by atoms with E-state index in [9.17, 15) is 0 Å². The Labute approximate surface area is 174 Å². The molecule has 6 nitrogen and oxygen atoms in total. The Kier molecular flexibility index (Phi) is 4.65. The Morgan fingerprint density at radius 3 is 2.63 bits per heavy atom. The fourth-order valence-corrected chi connectivity index (χ4v) is 3.79. The van der Waals surface area contributed by atoms with E-state index in [0.29, 0.717) is 12.2 Å². The zero-order valence-electron chi connectivity index (χ0n) is 16.3. The first-order valence-electron chi connectivity index (χ1n) is 9.78. The lowest BCUT2D eigenvalue weighted by Gasteiger charge is -2.19. The Hall–Kier alpha value is -4.06. The van der Waals surface area contributed by atoms with Crippen molar-refractivity contribution in [3.8, 4) is 5.82 Å². The summed E-state index contributed by atoms with van der Waals surface area (Å²) in [5.74, 6) is 1.37. The number of nitrogens with two attached hydrogens (primary N) is 1. The molecule has 0 spiro atoms. The molecule has 1 atom stereocenters. The summed E-state index contributed by atoms with van der Waals surface area (Å²) in [5.41, 5.74) is 11.0. The van der Waals surface area contributed by atoms with Crippen LogP contribution >= 0.6 is 0 Å². The van der Waals surface area contributed by atoms with Gasteiger partial charge in [0.25, 0.3) is 0 Å². The first-order chi connectivity index (χ1) is 14.8. The molecule has 1 unspecified atom stereocenters. The standard InChI is InChI=1S/C24H20N6/c25-23-11-3-9-20(29-23)19(18-7-4-12-26-15-18)14-17-6-5-13-27-24(17)30-16-28-21-8-1-2-10-22(21)30/h1-13,15-16,19H,14H2,(H2,25,29). The maximum atomic E-state index is 5.99. The number of hydrogen-bond donors (Lipinski definition) is 1. The van der Waals surface area contributed by atoms with Crippen molar-refractivity contribution in [2.24, 2.45) is 0 Å². The van der Waals surface area contributed by atoms with Crippen LogP contribution in [0.4, 0.5) is 5.82 Å². The molecule has 0 aliphatic rings. The van der Waals surface area contributed by atoms with Gasteiger partial charge in [-0.05, 0) is 53.9 Å². The van der Waals surface area contributed by atoms with E-state index in [1.807, 2.05) is 65.8 Å². The van der Waals surface area contributed by atoms with Crippen LogP contribution in [0.5, 0.6) is 0 Å². The zero-order chi connectivity index (χ0) is 20.3. The van der Waals surface area contributed by atoms with Crippen LogP contribution in [0.2, 0.25) is 0 Å². The average molecular weight is 392 g/mol. The highest BCUT2D eigenvalue weighted by Gasteiger charge is 2.20. The van der Waals surface area contributed by atoms with Crippen molar-refractivity contribution < 1.29 is 0 Å². The van der Waals surface area contributed by atoms with Gasteiger partial charge in [-0.15, -0.1) is 0 Å². The van der Waals surface area contributed by atoms with Crippen LogP contribution in [0.3, 0.4) is 0 Å². The van der Waals surface area contributed by atoms with Gasteiger partial charge in [0.15, 0.2) is 0 Å². The lowest BCUT2D eigenvalue weighted by atomic mass is 9.90. The summed E-state index contributed by atoms with van der Waals surface area (Å²) in [6.07, 6.45) is 8.01. The molecule has 0 aliphatic heterocycles. The summed E-state index contributed by atoms with van der Waals surface area (Å²) >= 11 is 0. The number of pyridine rings is 3. The van der Waals surface area contributed by atoms with Crippen LogP contribution in [0.15, 0.2) is 91.6 Å². The number of rotatable bonds is 5. The second-order valence-corrected chi connectivity index (χ2v) is 7.12. The van der Waals surface area contributed by atoms with Crippen molar-refractivity contribution in [2.45, 2.75) is 12.3 Å². The predicted octanol–water partition coefficient (Wildman–Crippen LogP) is 4.17. The lowest BCUT2D eigenvalue weighted by Crippen LogP contribution is -2.11. The van der Waals surface area contributed by atoms with E-state index in [1.54, 1.807) is 12.3 Å².